The molecule has 1 aromatic heterocycles. The number of ether oxygens (including phenoxy) is 1. The number of anilines is 1. The molecule has 20 heavy (non-hydrogen) atoms. The highest BCUT2D eigenvalue weighted by Gasteiger charge is 2.15. The van der Waals surface area contributed by atoms with E-state index in [0.717, 1.165) is 0 Å². The molecule has 2 aromatic rings. The number of nitro benzene ring substituents is 1. The van der Waals surface area contributed by atoms with Gasteiger partial charge in [0, 0.05) is 19.7 Å². The first-order chi connectivity index (χ1) is 9.70. The molecule has 7 nitrogen and oxygen atoms in total. The minimum absolute atomic E-state index is 0.0709. The number of para-hydroxylation sites is 1. The predicted octanol–water partition coefficient (Wildman–Crippen LogP) is 2.66. The predicted molar refractivity (Wildman–Crippen MR) is 77.5 cm³/mol. The van der Waals surface area contributed by atoms with Crippen LogP contribution in [0.4, 0.5) is 10.8 Å². The van der Waals surface area contributed by atoms with Gasteiger partial charge < -0.3 is 10.1 Å². The zero-order valence-corrected chi connectivity index (χ0v) is 12.2. The fraction of sp³-hybridized carbons (Fsp3) is 0.273. The number of nitro groups is 1. The van der Waals surface area contributed by atoms with Crippen LogP contribution in [0.25, 0.3) is 0 Å². The molecule has 0 spiro atoms. The second-order valence-corrected chi connectivity index (χ2v) is 5.89. The van der Waals surface area contributed by atoms with Crippen molar-refractivity contribution in [2.24, 2.45) is 0 Å². The molecule has 0 fully saturated rings. The van der Waals surface area contributed by atoms with Crippen molar-refractivity contribution in [3.63, 3.8) is 0 Å². The molecule has 0 unspecified atom stereocenters. The fourth-order valence-electron chi connectivity index (χ4n) is 1.37. The maximum atomic E-state index is 10.9. The molecule has 0 amide bonds. The monoisotopic (exact) mass is 312 g/mol. The van der Waals surface area contributed by atoms with Crippen LogP contribution in [-0.2, 0) is 4.74 Å². The van der Waals surface area contributed by atoms with Crippen LogP contribution in [0.1, 0.15) is 0 Å². The van der Waals surface area contributed by atoms with E-state index in [2.05, 4.69) is 15.5 Å². The number of methoxy groups -OCH3 is 1. The van der Waals surface area contributed by atoms with Crippen LogP contribution in [0.5, 0.6) is 0 Å². The Labute approximate surface area is 123 Å². The number of aromatic nitrogens is 2. The van der Waals surface area contributed by atoms with Crippen molar-refractivity contribution >= 4 is 33.9 Å². The van der Waals surface area contributed by atoms with Crippen molar-refractivity contribution in [1.82, 2.24) is 10.2 Å². The third-order valence-corrected chi connectivity index (χ3v) is 4.25. The van der Waals surface area contributed by atoms with Crippen LogP contribution < -0.4 is 5.32 Å². The average Bonchev–Trinajstić information content (AvgIpc) is 2.87. The van der Waals surface area contributed by atoms with E-state index >= 15 is 0 Å². The Bertz CT molecular complexity index is 591. The minimum Gasteiger partial charge on any atom is -0.383 e. The normalized spacial score (nSPS) is 10.4. The van der Waals surface area contributed by atoms with Gasteiger partial charge in [-0.25, -0.2) is 0 Å². The molecule has 0 saturated carbocycles. The maximum absolute atomic E-state index is 10.9. The summed E-state index contributed by atoms with van der Waals surface area (Å²) in [5, 5.41) is 22.6. The lowest BCUT2D eigenvalue weighted by Gasteiger charge is -1.99. The molecular formula is C11H12N4O3S2. The third-order valence-electron chi connectivity index (χ3n) is 2.25. The smallest absolute Gasteiger partial charge is 0.283 e. The molecule has 0 saturated heterocycles. The Balaban J connectivity index is 2.05. The van der Waals surface area contributed by atoms with Gasteiger partial charge in [0.15, 0.2) is 4.34 Å². The van der Waals surface area contributed by atoms with E-state index in [0.29, 0.717) is 27.5 Å². The van der Waals surface area contributed by atoms with Gasteiger partial charge in [0.25, 0.3) is 5.69 Å². The molecule has 0 aliphatic heterocycles. The van der Waals surface area contributed by atoms with Crippen LogP contribution in [-0.4, -0.2) is 35.4 Å². The number of nitrogens with zero attached hydrogens (tertiary/aromatic N) is 3. The van der Waals surface area contributed by atoms with E-state index in [1.807, 2.05) is 0 Å². The maximum Gasteiger partial charge on any atom is 0.283 e. The molecule has 1 N–H and O–H groups in total. The lowest BCUT2D eigenvalue weighted by molar-refractivity contribution is -0.387. The Morgan fingerprint density at radius 2 is 2.25 bits per heavy atom. The number of nitrogens with one attached hydrogen (secondary N) is 1. The number of hydrogen-bond acceptors (Lipinski definition) is 8. The second-order valence-electron chi connectivity index (χ2n) is 3.62. The first-order valence-electron chi connectivity index (χ1n) is 5.68. The number of rotatable bonds is 7. The highest BCUT2D eigenvalue weighted by molar-refractivity contribution is 8.01. The van der Waals surface area contributed by atoms with Gasteiger partial charge in [-0.2, -0.15) is 0 Å². The van der Waals surface area contributed by atoms with Gasteiger partial charge in [-0.15, -0.1) is 10.2 Å². The molecule has 1 aromatic carbocycles. The topological polar surface area (TPSA) is 90.2 Å². The molecule has 9 heteroatoms. The van der Waals surface area contributed by atoms with Crippen molar-refractivity contribution in [1.29, 1.82) is 0 Å². The van der Waals surface area contributed by atoms with Crippen molar-refractivity contribution < 1.29 is 9.66 Å². The first kappa shape index (κ1) is 14.7. The number of benzene rings is 1. The zero-order chi connectivity index (χ0) is 14.4. The highest BCUT2D eigenvalue weighted by Crippen LogP contribution is 2.36. The highest BCUT2D eigenvalue weighted by atomic mass is 32.2. The van der Waals surface area contributed by atoms with Crippen LogP contribution in [0, 0.1) is 10.1 Å². The van der Waals surface area contributed by atoms with E-state index < -0.39 is 4.92 Å². The molecule has 2 rings (SSSR count). The van der Waals surface area contributed by atoms with Crippen molar-refractivity contribution in [3.05, 3.63) is 34.4 Å². The summed E-state index contributed by atoms with van der Waals surface area (Å²) in [4.78, 5) is 11.1. The standard InChI is InChI=1S/C11H12N4O3S2/c1-18-7-6-12-10-13-14-11(20-10)19-9-5-3-2-4-8(9)15(16)17/h2-5H,6-7H2,1H3,(H,12,13). The van der Waals surface area contributed by atoms with Crippen LogP contribution in [0.2, 0.25) is 0 Å². The lowest BCUT2D eigenvalue weighted by atomic mass is 10.3. The van der Waals surface area contributed by atoms with Crippen molar-refractivity contribution in [3.8, 4) is 0 Å². The Morgan fingerprint density at radius 1 is 1.45 bits per heavy atom. The Hall–Kier alpha value is -1.71. The summed E-state index contributed by atoms with van der Waals surface area (Å²) >= 11 is 2.58. The third kappa shape index (κ3) is 3.89. The Kier molecular flexibility index (Phi) is 5.27. The average molecular weight is 312 g/mol. The fourth-order valence-corrected chi connectivity index (χ4v) is 3.21. The largest absolute Gasteiger partial charge is 0.383 e. The quantitative estimate of drug-likeness (QED) is 0.477. The van der Waals surface area contributed by atoms with Crippen LogP contribution in [0.15, 0.2) is 33.5 Å². The van der Waals surface area contributed by atoms with Gasteiger partial charge in [0.2, 0.25) is 5.13 Å². The molecule has 0 radical (unpaired) electrons. The molecule has 1 heterocycles. The van der Waals surface area contributed by atoms with E-state index in [1.165, 1.54) is 29.2 Å². The van der Waals surface area contributed by atoms with E-state index in [9.17, 15) is 10.1 Å². The zero-order valence-electron chi connectivity index (χ0n) is 10.6. The van der Waals surface area contributed by atoms with Gasteiger partial charge in [-0.05, 0) is 17.8 Å². The summed E-state index contributed by atoms with van der Waals surface area (Å²) in [7, 11) is 1.62. The molecule has 0 aliphatic rings. The SMILES string of the molecule is COCCNc1nnc(Sc2ccccc2[N+](=O)[O-])s1. The summed E-state index contributed by atoms with van der Waals surface area (Å²) in [6.45, 7) is 1.22. The lowest BCUT2D eigenvalue weighted by Crippen LogP contribution is -2.06. The summed E-state index contributed by atoms with van der Waals surface area (Å²) in [5.74, 6) is 0. The Morgan fingerprint density at radius 3 is 3.00 bits per heavy atom. The van der Waals surface area contributed by atoms with Gasteiger partial charge in [-0.1, -0.05) is 23.5 Å². The van der Waals surface area contributed by atoms with E-state index in [4.69, 9.17) is 4.74 Å². The molecule has 0 atom stereocenters. The molecule has 0 aliphatic carbocycles. The molecular weight excluding hydrogens is 300 g/mol. The summed E-state index contributed by atoms with van der Waals surface area (Å²) in [6.07, 6.45) is 0. The van der Waals surface area contributed by atoms with E-state index in [-0.39, 0.29) is 5.69 Å². The first-order valence-corrected chi connectivity index (χ1v) is 7.31. The summed E-state index contributed by atoms with van der Waals surface area (Å²) in [6, 6.07) is 6.57. The van der Waals surface area contributed by atoms with Gasteiger partial charge >= 0.3 is 0 Å². The van der Waals surface area contributed by atoms with Crippen molar-refractivity contribution in [2.45, 2.75) is 9.24 Å². The molecule has 0 bridgehead atoms. The van der Waals surface area contributed by atoms with Gasteiger partial charge in [0.05, 0.1) is 16.4 Å². The summed E-state index contributed by atoms with van der Waals surface area (Å²) < 4.78 is 5.57. The summed E-state index contributed by atoms with van der Waals surface area (Å²) in [5.41, 5.74) is 0.0709. The van der Waals surface area contributed by atoms with Crippen LogP contribution >= 0.6 is 23.1 Å². The van der Waals surface area contributed by atoms with E-state index in [1.54, 1.807) is 25.3 Å². The second kappa shape index (κ2) is 7.17. The minimum atomic E-state index is -0.402. The molecule has 106 valence electrons. The van der Waals surface area contributed by atoms with Crippen molar-refractivity contribution in [2.75, 3.05) is 25.6 Å². The van der Waals surface area contributed by atoms with Gasteiger partial charge in [-0.3, -0.25) is 10.1 Å². The van der Waals surface area contributed by atoms with Gasteiger partial charge in [0.1, 0.15) is 0 Å². The van der Waals surface area contributed by atoms with Crippen LogP contribution in [0.3, 0.4) is 0 Å². The number of hydrogen-bond donors (Lipinski definition) is 1.